The molecule has 0 radical (unpaired) electrons. The summed E-state index contributed by atoms with van der Waals surface area (Å²) in [4.78, 5) is 8.04. The van der Waals surface area contributed by atoms with E-state index in [1.54, 1.807) is 6.20 Å². The molecule has 1 aromatic heterocycles. The Morgan fingerprint density at radius 3 is 2.76 bits per heavy atom. The zero-order chi connectivity index (χ0) is 12.3. The summed E-state index contributed by atoms with van der Waals surface area (Å²) in [5.41, 5.74) is 2.91. The normalized spacial score (nSPS) is 10.3. The zero-order valence-corrected chi connectivity index (χ0v) is 10.5. The van der Waals surface area contributed by atoms with Gasteiger partial charge in [-0.15, -0.1) is 0 Å². The highest BCUT2D eigenvalue weighted by Gasteiger charge is 2.04. The maximum atomic E-state index is 5.77. The molecule has 0 unspecified atom stereocenters. The smallest absolute Gasteiger partial charge is 0.222 e. The molecule has 1 aromatic carbocycles. The Morgan fingerprint density at radius 2 is 2.12 bits per heavy atom. The van der Waals surface area contributed by atoms with Crippen molar-refractivity contribution in [3.05, 3.63) is 41.3 Å². The number of aryl methyl sites for hydroxylation is 1. The lowest BCUT2D eigenvalue weighted by Crippen LogP contribution is -1.94. The molecule has 0 amide bonds. The van der Waals surface area contributed by atoms with Gasteiger partial charge in [0.15, 0.2) is 0 Å². The van der Waals surface area contributed by atoms with E-state index in [9.17, 15) is 0 Å². The summed E-state index contributed by atoms with van der Waals surface area (Å²) in [5, 5.41) is 0.258. The molecule has 4 heteroatoms. The molecule has 0 fully saturated rings. The number of benzene rings is 1. The van der Waals surface area contributed by atoms with E-state index in [1.807, 2.05) is 38.1 Å². The fourth-order valence-electron chi connectivity index (χ4n) is 1.62. The lowest BCUT2D eigenvalue weighted by molar-refractivity contribution is 0.338. The third kappa shape index (κ3) is 2.74. The summed E-state index contributed by atoms with van der Waals surface area (Å²) in [6.07, 6.45) is 1.65. The van der Waals surface area contributed by atoms with Crippen molar-refractivity contribution >= 4 is 11.6 Å². The van der Waals surface area contributed by atoms with Crippen molar-refractivity contribution in [2.45, 2.75) is 13.8 Å². The summed E-state index contributed by atoms with van der Waals surface area (Å²) in [6, 6.07) is 7.78. The minimum Gasteiger partial charge on any atom is -0.494 e. The topological polar surface area (TPSA) is 35.0 Å². The van der Waals surface area contributed by atoms with Crippen molar-refractivity contribution in [1.29, 1.82) is 0 Å². The van der Waals surface area contributed by atoms with E-state index in [1.165, 1.54) is 0 Å². The van der Waals surface area contributed by atoms with E-state index in [0.29, 0.717) is 6.61 Å². The van der Waals surface area contributed by atoms with Gasteiger partial charge < -0.3 is 4.74 Å². The Bertz CT molecular complexity index is 529. The highest BCUT2D eigenvalue weighted by Crippen LogP contribution is 2.25. The maximum absolute atomic E-state index is 5.77. The van der Waals surface area contributed by atoms with Gasteiger partial charge in [0.05, 0.1) is 12.3 Å². The molecule has 0 bridgehead atoms. The van der Waals surface area contributed by atoms with Gasteiger partial charge in [-0.3, -0.25) is 0 Å². The van der Waals surface area contributed by atoms with E-state index >= 15 is 0 Å². The third-order valence-corrected chi connectivity index (χ3v) is 2.58. The second kappa shape index (κ2) is 5.15. The molecule has 0 N–H and O–H groups in total. The number of halogens is 1. The van der Waals surface area contributed by atoms with Crippen LogP contribution in [0.4, 0.5) is 0 Å². The Kier molecular flexibility index (Phi) is 3.59. The largest absolute Gasteiger partial charge is 0.494 e. The van der Waals surface area contributed by atoms with Crippen LogP contribution in [0.15, 0.2) is 30.5 Å². The number of aromatic nitrogens is 2. The van der Waals surface area contributed by atoms with Gasteiger partial charge in [-0.2, -0.15) is 0 Å². The zero-order valence-electron chi connectivity index (χ0n) is 9.77. The summed E-state index contributed by atoms with van der Waals surface area (Å²) >= 11 is 5.77. The predicted octanol–water partition coefficient (Wildman–Crippen LogP) is 3.50. The summed E-state index contributed by atoms with van der Waals surface area (Å²) in [7, 11) is 0. The highest BCUT2D eigenvalue weighted by molar-refractivity contribution is 6.28. The number of hydrogen-bond acceptors (Lipinski definition) is 3. The summed E-state index contributed by atoms with van der Waals surface area (Å²) in [5.74, 6) is 0.899. The molecule has 0 saturated heterocycles. The monoisotopic (exact) mass is 248 g/mol. The molecule has 1 heterocycles. The van der Waals surface area contributed by atoms with Crippen LogP contribution in [0.25, 0.3) is 11.3 Å². The van der Waals surface area contributed by atoms with Crippen LogP contribution in [0.5, 0.6) is 5.75 Å². The Hall–Kier alpha value is -1.61. The van der Waals surface area contributed by atoms with Gasteiger partial charge in [0.1, 0.15) is 5.75 Å². The van der Waals surface area contributed by atoms with Gasteiger partial charge in [0.25, 0.3) is 0 Å². The Morgan fingerprint density at radius 1 is 1.29 bits per heavy atom. The van der Waals surface area contributed by atoms with Crippen molar-refractivity contribution < 1.29 is 4.74 Å². The molecule has 2 aromatic rings. The van der Waals surface area contributed by atoms with Crippen LogP contribution in [-0.4, -0.2) is 16.6 Å². The van der Waals surface area contributed by atoms with Crippen LogP contribution in [0, 0.1) is 6.92 Å². The average Bonchev–Trinajstić information content (AvgIpc) is 2.32. The molecule has 3 nitrogen and oxygen atoms in total. The average molecular weight is 249 g/mol. The molecule has 2 rings (SSSR count). The molecular weight excluding hydrogens is 236 g/mol. The molecule has 0 spiro atoms. The van der Waals surface area contributed by atoms with Crippen molar-refractivity contribution in [1.82, 2.24) is 9.97 Å². The molecule has 0 aliphatic heterocycles. The number of ether oxygens (including phenoxy) is 1. The lowest BCUT2D eigenvalue weighted by Gasteiger charge is -2.08. The first-order valence-electron chi connectivity index (χ1n) is 5.43. The van der Waals surface area contributed by atoms with E-state index in [-0.39, 0.29) is 5.28 Å². The van der Waals surface area contributed by atoms with E-state index in [2.05, 4.69) is 9.97 Å². The molecule has 17 heavy (non-hydrogen) atoms. The van der Waals surface area contributed by atoms with Gasteiger partial charge in [0, 0.05) is 11.8 Å². The molecule has 0 saturated carbocycles. The van der Waals surface area contributed by atoms with Gasteiger partial charge in [-0.1, -0.05) is 0 Å². The van der Waals surface area contributed by atoms with Crippen LogP contribution >= 0.6 is 11.6 Å². The third-order valence-electron chi connectivity index (χ3n) is 2.40. The molecule has 88 valence electrons. The highest BCUT2D eigenvalue weighted by atomic mass is 35.5. The van der Waals surface area contributed by atoms with Crippen LogP contribution in [0.3, 0.4) is 0 Å². The van der Waals surface area contributed by atoms with Crippen LogP contribution in [0.2, 0.25) is 5.28 Å². The Balaban J connectivity index is 2.37. The number of nitrogens with zero attached hydrogens (tertiary/aromatic N) is 2. The number of hydrogen-bond donors (Lipinski definition) is 0. The van der Waals surface area contributed by atoms with Crippen molar-refractivity contribution in [3.8, 4) is 17.0 Å². The fourth-order valence-corrected chi connectivity index (χ4v) is 1.77. The molecule has 0 atom stereocenters. The van der Waals surface area contributed by atoms with Gasteiger partial charge in [0.2, 0.25) is 5.28 Å². The quantitative estimate of drug-likeness (QED) is 0.780. The second-order valence-corrected chi connectivity index (χ2v) is 3.96. The lowest BCUT2D eigenvalue weighted by atomic mass is 10.1. The maximum Gasteiger partial charge on any atom is 0.222 e. The van der Waals surface area contributed by atoms with E-state index in [4.69, 9.17) is 16.3 Å². The minimum atomic E-state index is 0.258. The van der Waals surface area contributed by atoms with E-state index < -0.39 is 0 Å². The van der Waals surface area contributed by atoms with Gasteiger partial charge in [-0.05, 0) is 55.3 Å². The molecule has 0 aliphatic carbocycles. The van der Waals surface area contributed by atoms with Crippen LogP contribution in [-0.2, 0) is 0 Å². The van der Waals surface area contributed by atoms with Crippen molar-refractivity contribution in [2.24, 2.45) is 0 Å². The second-order valence-electron chi connectivity index (χ2n) is 3.62. The molecular formula is C13H13ClN2O. The fraction of sp³-hybridized carbons (Fsp3) is 0.231. The van der Waals surface area contributed by atoms with Gasteiger partial charge in [-0.25, -0.2) is 9.97 Å². The molecule has 0 aliphatic rings. The number of rotatable bonds is 3. The summed E-state index contributed by atoms with van der Waals surface area (Å²) in [6.45, 7) is 4.65. The summed E-state index contributed by atoms with van der Waals surface area (Å²) < 4.78 is 5.49. The first kappa shape index (κ1) is 11.9. The van der Waals surface area contributed by atoms with Gasteiger partial charge >= 0.3 is 0 Å². The van der Waals surface area contributed by atoms with E-state index in [0.717, 1.165) is 22.6 Å². The SMILES string of the molecule is CCOc1ccc(-c2ccnc(Cl)n2)cc1C. The van der Waals surface area contributed by atoms with Crippen molar-refractivity contribution in [2.75, 3.05) is 6.61 Å². The first-order chi connectivity index (χ1) is 8.20. The van der Waals surface area contributed by atoms with Crippen LogP contribution in [0.1, 0.15) is 12.5 Å². The first-order valence-corrected chi connectivity index (χ1v) is 5.81. The van der Waals surface area contributed by atoms with Crippen LogP contribution < -0.4 is 4.74 Å². The van der Waals surface area contributed by atoms with Crippen molar-refractivity contribution in [3.63, 3.8) is 0 Å². The minimum absolute atomic E-state index is 0.258. The Labute approximate surface area is 105 Å². The standard InChI is InChI=1S/C13H13ClN2O/c1-3-17-12-5-4-10(8-9(12)2)11-6-7-15-13(14)16-11/h4-8H,3H2,1-2H3. The predicted molar refractivity (Wildman–Crippen MR) is 68.4 cm³/mol.